The smallest absolute Gasteiger partial charge is 0.312 e. The molecule has 1 aromatic heterocycles. The highest BCUT2D eigenvalue weighted by Gasteiger charge is 2.27. The molecule has 2 rings (SSSR count). The number of carbonyl (C=O) groups excluding carboxylic acids is 2. The number of hydrogen-bond donors (Lipinski definition) is 0. The molecule has 0 N–H and O–H groups in total. The van der Waals surface area contributed by atoms with Gasteiger partial charge in [0.1, 0.15) is 17.9 Å². The first-order valence-corrected chi connectivity index (χ1v) is 7.97. The molecule has 0 saturated carbocycles. The fourth-order valence-corrected chi connectivity index (χ4v) is 2.88. The third-order valence-electron chi connectivity index (χ3n) is 4.25. The lowest BCUT2D eigenvalue weighted by Gasteiger charge is -2.35. The second-order valence-corrected chi connectivity index (χ2v) is 6.29. The molecule has 1 saturated heterocycles. The fraction of sp³-hybridized carbons (Fsp3) is 0.667. The molecule has 1 aromatic rings. The van der Waals surface area contributed by atoms with Gasteiger partial charge in [-0.25, -0.2) is 0 Å². The molecule has 0 radical (unpaired) electrons. The largest absolute Gasteiger partial charge is 0.339 e. The zero-order valence-corrected chi connectivity index (χ0v) is 14.5. The monoisotopic (exact) mass is 337 g/mol. The summed E-state index contributed by atoms with van der Waals surface area (Å²) in [6.07, 6.45) is 0. The highest BCUT2D eigenvalue weighted by atomic mass is 16.6. The van der Waals surface area contributed by atoms with Crippen molar-refractivity contribution in [3.05, 3.63) is 21.5 Å². The van der Waals surface area contributed by atoms with Crippen LogP contribution in [-0.2, 0) is 16.1 Å². The van der Waals surface area contributed by atoms with Crippen LogP contribution < -0.4 is 0 Å². The summed E-state index contributed by atoms with van der Waals surface area (Å²) in [4.78, 5) is 38.4. The van der Waals surface area contributed by atoms with Crippen molar-refractivity contribution in [1.29, 1.82) is 0 Å². The Morgan fingerprint density at radius 3 is 2.17 bits per heavy atom. The van der Waals surface area contributed by atoms with E-state index in [0.29, 0.717) is 37.6 Å². The van der Waals surface area contributed by atoms with Gasteiger partial charge in [-0.3, -0.25) is 24.4 Å². The highest BCUT2D eigenvalue weighted by Crippen LogP contribution is 2.21. The minimum absolute atomic E-state index is 0.0291. The van der Waals surface area contributed by atoms with Crippen LogP contribution in [0.1, 0.15) is 25.2 Å². The van der Waals surface area contributed by atoms with Gasteiger partial charge in [-0.1, -0.05) is 13.8 Å². The predicted molar refractivity (Wildman–Crippen MR) is 86.4 cm³/mol. The average Bonchev–Trinajstić information content (AvgIpc) is 2.80. The molecule has 24 heavy (non-hydrogen) atoms. The minimum atomic E-state index is -0.477. The number of nitrogens with zero attached hydrogens (tertiary/aromatic N) is 5. The van der Waals surface area contributed by atoms with Gasteiger partial charge in [0.15, 0.2) is 0 Å². The van der Waals surface area contributed by atoms with E-state index in [9.17, 15) is 19.7 Å². The van der Waals surface area contributed by atoms with Gasteiger partial charge in [0.25, 0.3) is 0 Å². The molecule has 0 aromatic carbocycles. The Balaban J connectivity index is 1.99. The van der Waals surface area contributed by atoms with Crippen molar-refractivity contribution in [2.24, 2.45) is 5.92 Å². The maximum atomic E-state index is 12.4. The SMILES string of the molecule is Cc1nn(CC(=O)N2CCN(C(=O)C(C)C)CC2)c(C)c1[N+](=O)[O-]. The first-order chi connectivity index (χ1) is 11.2. The molecule has 1 aliphatic heterocycles. The Kier molecular flexibility index (Phi) is 5.20. The summed E-state index contributed by atoms with van der Waals surface area (Å²) in [6, 6.07) is 0. The van der Waals surface area contributed by atoms with Crippen LogP contribution in [0, 0.1) is 29.9 Å². The molecule has 2 amide bonds. The van der Waals surface area contributed by atoms with Crippen LogP contribution in [0.5, 0.6) is 0 Å². The number of aromatic nitrogens is 2. The van der Waals surface area contributed by atoms with Crippen LogP contribution in [0.2, 0.25) is 0 Å². The molecule has 0 spiro atoms. The van der Waals surface area contributed by atoms with Gasteiger partial charge < -0.3 is 9.80 Å². The van der Waals surface area contributed by atoms with Gasteiger partial charge in [0.05, 0.1) is 4.92 Å². The van der Waals surface area contributed by atoms with E-state index in [-0.39, 0.29) is 30.0 Å². The maximum Gasteiger partial charge on any atom is 0.312 e. The lowest BCUT2D eigenvalue weighted by Crippen LogP contribution is -2.52. The average molecular weight is 337 g/mol. The van der Waals surface area contributed by atoms with Crippen molar-refractivity contribution in [2.45, 2.75) is 34.2 Å². The van der Waals surface area contributed by atoms with Gasteiger partial charge in [0, 0.05) is 32.1 Å². The summed E-state index contributed by atoms with van der Waals surface area (Å²) in [5, 5.41) is 15.1. The Morgan fingerprint density at radius 2 is 1.71 bits per heavy atom. The molecule has 2 heterocycles. The van der Waals surface area contributed by atoms with E-state index in [1.165, 1.54) is 4.68 Å². The molecule has 9 heteroatoms. The lowest BCUT2D eigenvalue weighted by molar-refractivity contribution is -0.386. The Bertz CT molecular complexity index is 659. The summed E-state index contributed by atoms with van der Waals surface area (Å²) in [5.74, 6) is -0.106. The maximum absolute atomic E-state index is 12.4. The van der Waals surface area contributed by atoms with Crippen LogP contribution in [-0.4, -0.2) is 62.5 Å². The summed E-state index contributed by atoms with van der Waals surface area (Å²) < 4.78 is 1.38. The zero-order valence-electron chi connectivity index (χ0n) is 14.5. The normalized spacial score (nSPS) is 15.0. The quantitative estimate of drug-likeness (QED) is 0.595. The van der Waals surface area contributed by atoms with Crippen LogP contribution in [0.25, 0.3) is 0 Å². The molecular weight excluding hydrogens is 314 g/mol. The van der Waals surface area contributed by atoms with E-state index < -0.39 is 4.92 Å². The third kappa shape index (κ3) is 3.55. The van der Waals surface area contributed by atoms with Crippen molar-refractivity contribution in [1.82, 2.24) is 19.6 Å². The number of hydrogen-bond acceptors (Lipinski definition) is 5. The summed E-state index contributed by atoms with van der Waals surface area (Å²) in [6.45, 7) is 8.80. The zero-order chi connectivity index (χ0) is 18.0. The van der Waals surface area contributed by atoms with Crippen molar-refractivity contribution < 1.29 is 14.5 Å². The molecule has 0 atom stereocenters. The lowest BCUT2D eigenvalue weighted by atomic mass is 10.1. The van der Waals surface area contributed by atoms with E-state index >= 15 is 0 Å². The highest BCUT2D eigenvalue weighted by molar-refractivity contribution is 5.79. The number of amides is 2. The van der Waals surface area contributed by atoms with Gasteiger partial charge in [0.2, 0.25) is 11.8 Å². The Hall–Kier alpha value is -2.45. The van der Waals surface area contributed by atoms with Crippen LogP contribution in [0.4, 0.5) is 5.69 Å². The van der Waals surface area contributed by atoms with Crippen molar-refractivity contribution in [3.8, 4) is 0 Å². The van der Waals surface area contributed by atoms with Gasteiger partial charge in [-0.15, -0.1) is 0 Å². The van der Waals surface area contributed by atoms with E-state index in [2.05, 4.69) is 5.10 Å². The van der Waals surface area contributed by atoms with Crippen molar-refractivity contribution >= 4 is 17.5 Å². The number of nitro groups is 1. The standard InChI is InChI=1S/C15H23N5O4/c1-10(2)15(22)18-7-5-17(6-8-18)13(21)9-19-12(4)14(20(23)24)11(3)16-19/h10H,5-9H2,1-4H3. The molecule has 9 nitrogen and oxygen atoms in total. The second kappa shape index (κ2) is 6.98. The number of rotatable bonds is 4. The second-order valence-electron chi connectivity index (χ2n) is 6.29. The van der Waals surface area contributed by atoms with E-state index in [4.69, 9.17) is 0 Å². The van der Waals surface area contributed by atoms with Gasteiger partial charge in [-0.05, 0) is 13.8 Å². The molecular formula is C15H23N5O4. The molecule has 0 bridgehead atoms. The van der Waals surface area contributed by atoms with E-state index in [0.717, 1.165) is 0 Å². The first-order valence-electron chi connectivity index (χ1n) is 7.97. The van der Waals surface area contributed by atoms with Crippen LogP contribution in [0.3, 0.4) is 0 Å². The van der Waals surface area contributed by atoms with Crippen molar-refractivity contribution in [3.63, 3.8) is 0 Å². The first kappa shape index (κ1) is 17.9. The topological polar surface area (TPSA) is 102 Å². The molecule has 1 aliphatic rings. The number of aryl methyl sites for hydroxylation is 1. The van der Waals surface area contributed by atoms with Crippen molar-refractivity contribution in [2.75, 3.05) is 26.2 Å². The molecule has 132 valence electrons. The Labute approximate surface area is 140 Å². The van der Waals surface area contributed by atoms with E-state index in [1.807, 2.05) is 13.8 Å². The fourth-order valence-electron chi connectivity index (χ4n) is 2.88. The number of carbonyl (C=O) groups is 2. The minimum Gasteiger partial charge on any atom is -0.339 e. The van der Waals surface area contributed by atoms with Crippen LogP contribution in [0.15, 0.2) is 0 Å². The Morgan fingerprint density at radius 1 is 1.17 bits per heavy atom. The van der Waals surface area contributed by atoms with E-state index in [1.54, 1.807) is 23.6 Å². The molecule has 1 fully saturated rings. The van der Waals surface area contributed by atoms with Crippen LogP contribution >= 0.6 is 0 Å². The van der Waals surface area contributed by atoms with Gasteiger partial charge >= 0.3 is 5.69 Å². The summed E-state index contributed by atoms with van der Waals surface area (Å²) in [5.41, 5.74) is 0.632. The number of piperazine rings is 1. The predicted octanol–water partition coefficient (Wildman–Crippen LogP) is 0.735. The van der Waals surface area contributed by atoms with Gasteiger partial charge in [-0.2, -0.15) is 5.10 Å². The third-order valence-corrected chi connectivity index (χ3v) is 4.25. The molecule has 0 unspecified atom stereocenters. The molecule has 0 aliphatic carbocycles. The summed E-state index contributed by atoms with van der Waals surface area (Å²) in [7, 11) is 0. The summed E-state index contributed by atoms with van der Waals surface area (Å²) >= 11 is 0.